The van der Waals surface area contributed by atoms with Gasteiger partial charge in [0.05, 0.1) is 0 Å². The number of anilines is 6. The van der Waals surface area contributed by atoms with Gasteiger partial charge in [-0.05, 0) is 96.1 Å². The van der Waals surface area contributed by atoms with Crippen molar-refractivity contribution in [3.05, 3.63) is 193 Å². The summed E-state index contributed by atoms with van der Waals surface area (Å²) < 4.78 is 2.63. The molecule has 0 saturated heterocycles. The lowest BCUT2D eigenvalue weighted by Crippen LogP contribution is -2.19. The Kier molecular flexibility index (Phi) is 7.76. The molecular weight excluding hydrogens is 601 g/mol. The Bertz CT molecular complexity index is 2250. The van der Waals surface area contributed by atoms with Gasteiger partial charge in [-0.3, -0.25) is 0 Å². The lowest BCUT2D eigenvalue weighted by molar-refractivity contribution is 0.641. The van der Waals surface area contributed by atoms with Crippen LogP contribution in [0.2, 0.25) is 0 Å². The standard InChI is InChI=1S/C45H36N2S/c1-45(2,33-22-26-38(27-23-33)46(35-14-6-3-7-15-35)36-16-8-4-9-17-36)34-24-28-39(29-25-34)47(37-18-10-5-11-19-37)40-30-31-44-42(32-40)41-20-12-13-21-43(41)48-44/h3-32H,1-2H3. The number of para-hydroxylation sites is 3. The van der Waals surface area contributed by atoms with Crippen molar-refractivity contribution in [2.75, 3.05) is 9.80 Å². The molecule has 0 unspecified atom stereocenters. The van der Waals surface area contributed by atoms with Crippen molar-refractivity contribution in [2.45, 2.75) is 19.3 Å². The van der Waals surface area contributed by atoms with Gasteiger partial charge in [-0.2, -0.15) is 0 Å². The van der Waals surface area contributed by atoms with E-state index in [1.807, 2.05) is 11.3 Å². The molecule has 0 atom stereocenters. The minimum Gasteiger partial charge on any atom is -0.311 e. The molecule has 7 aromatic carbocycles. The van der Waals surface area contributed by atoms with Crippen LogP contribution >= 0.6 is 11.3 Å². The number of hydrogen-bond acceptors (Lipinski definition) is 3. The smallest absolute Gasteiger partial charge is 0.0468 e. The zero-order chi connectivity index (χ0) is 32.5. The first-order chi connectivity index (χ1) is 23.6. The Morgan fingerprint density at radius 1 is 0.354 bits per heavy atom. The molecule has 2 nitrogen and oxygen atoms in total. The summed E-state index contributed by atoms with van der Waals surface area (Å²) in [6.07, 6.45) is 0. The molecule has 8 aromatic rings. The molecule has 8 rings (SSSR count). The normalized spacial score (nSPS) is 11.5. The Morgan fingerprint density at radius 2 is 0.729 bits per heavy atom. The van der Waals surface area contributed by atoms with Crippen molar-refractivity contribution in [1.82, 2.24) is 0 Å². The number of rotatable bonds is 8. The Morgan fingerprint density at radius 3 is 1.23 bits per heavy atom. The first-order valence-corrected chi connectivity index (χ1v) is 17.3. The molecule has 3 heteroatoms. The van der Waals surface area contributed by atoms with Crippen LogP contribution in [0.25, 0.3) is 20.2 Å². The fraction of sp³-hybridized carbons (Fsp3) is 0.0667. The molecule has 0 amide bonds. The molecule has 0 N–H and O–H groups in total. The van der Waals surface area contributed by atoms with E-state index >= 15 is 0 Å². The van der Waals surface area contributed by atoms with Gasteiger partial charge in [-0.15, -0.1) is 11.3 Å². The van der Waals surface area contributed by atoms with Crippen molar-refractivity contribution in [2.24, 2.45) is 0 Å². The first kappa shape index (κ1) is 29.7. The number of nitrogens with zero attached hydrogens (tertiary/aromatic N) is 2. The summed E-state index contributed by atoms with van der Waals surface area (Å²) in [7, 11) is 0. The highest BCUT2D eigenvalue weighted by Crippen LogP contribution is 2.42. The van der Waals surface area contributed by atoms with Gasteiger partial charge in [0.1, 0.15) is 0 Å². The second kappa shape index (κ2) is 12.5. The molecule has 1 heterocycles. The molecule has 0 fully saturated rings. The lowest BCUT2D eigenvalue weighted by Gasteiger charge is -2.30. The van der Waals surface area contributed by atoms with Crippen molar-refractivity contribution < 1.29 is 0 Å². The summed E-state index contributed by atoms with van der Waals surface area (Å²) in [5.41, 5.74) is 9.20. The van der Waals surface area contributed by atoms with E-state index < -0.39 is 0 Å². The second-order valence-electron chi connectivity index (χ2n) is 12.7. The van der Waals surface area contributed by atoms with E-state index in [0.29, 0.717) is 0 Å². The Hall–Kier alpha value is -5.64. The highest BCUT2D eigenvalue weighted by molar-refractivity contribution is 7.25. The average Bonchev–Trinajstić information content (AvgIpc) is 3.52. The molecule has 1 aromatic heterocycles. The summed E-state index contributed by atoms with van der Waals surface area (Å²) >= 11 is 1.86. The topological polar surface area (TPSA) is 6.48 Å². The van der Waals surface area contributed by atoms with Crippen LogP contribution in [-0.4, -0.2) is 0 Å². The van der Waals surface area contributed by atoms with Gasteiger partial charge in [-0.25, -0.2) is 0 Å². The minimum atomic E-state index is -0.187. The van der Waals surface area contributed by atoms with Gasteiger partial charge in [0.2, 0.25) is 0 Å². The van der Waals surface area contributed by atoms with E-state index in [-0.39, 0.29) is 5.41 Å². The summed E-state index contributed by atoms with van der Waals surface area (Å²) in [5, 5.41) is 2.61. The zero-order valence-electron chi connectivity index (χ0n) is 27.1. The molecule has 232 valence electrons. The molecule has 0 aliphatic rings. The van der Waals surface area contributed by atoms with Crippen molar-refractivity contribution >= 4 is 65.6 Å². The predicted octanol–water partition coefficient (Wildman–Crippen LogP) is 13.3. The van der Waals surface area contributed by atoms with Crippen molar-refractivity contribution in [1.29, 1.82) is 0 Å². The van der Waals surface area contributed by atoms with E-state index in [2.05, 4.69) is 206 Å². The third kappa shape index (κ3) is 5.53. The number of fused-ring (bicyclic) bond motifs is 3. The van der Waals surface area contributed by atoms with Crippen molar-refractivity contribution in [3.8, 4) is 0 Å². The second-order valence-corrected chi connectivity index (χ2v) is 13.8. The van der Waals surface area contributed by atoms with Crippen LogP contribution in [0.4, 0.5) is 34.1 Å². The first-order valence-electron chi connectivity index (χ1n) is 16.4. The van der Waals surface area contributed by atoms with Crippen molar-refractivity contribution in [3.63, 3.8) is 0 Å². The molecule has 0 radical (unpaired) electrons. The summed E-state index contributed by atoms with van der Waals surface area (Å²) in [6.45, 7) is 4.63. The number of benzene rings is 7. The lowest BCUT2D eigenvalue weighted by atomic mass is 9.78. The van der Waals surface area contributed by atoms with Gasteiger partial charge < -0.3 is 9.80 Å². The third-order valence-electron chi connectivity index (χ3n) is 9.36. The molecule has 0 spiro atoms. The quantitative estimate of drug-likeness (QED) is 0.164. The number of thiophene rings is 1. The highest BCUT2D eigenvalue weighted by Gasteiger charge is 2.24. The van der Waals surface area contributed by atoms with Crippen LogP contribution in [-0.2, 0) is 5.41 Å². The van der Waals surface area contributed by atoms with Crippen LogP contribution in [0, 0.1) is 0 Å². The predicted molar refractivity (Wildman–Crippen MR) is 207 cm³/mol. The molecule has 0 bridgehead atoms. The van der Waals surface area contributed by atoms with Crippen LogP contribution in [0.1, 0.15) is 25.0 Å². The average molecular weight is 637 g/mol. The fourth-order valence-electron chi connectivity index (χ4n) is 6.70. The SMILES string of the molecule is CC(C)(c1ccc(N(c2ccccc2)c2ccccc2)cc1)c1ccc(N(c2ccccc2)c2ccc3sc4ccccc4c3c2)cc1. The van der Waals surface area contributed by atoms with E-state index in [1.54, 1.807) is 0 Å². The zero-order valence-corrected chi connectivity index (χ0v) is 27.9. The van der Waals surface area contributed by atoms with Crippen LogP contribution in [0.5, 0.6) is 0 Å². The van der Waals surface area contributed by atoms with Crippen LogP contribution < -0.4 is 9.80 Å². The molecule has 0 aliphatic heterocycles. The fourth-order valence-corrected chi connectivity index (χ4v) is 7.79. The summed E-state index contributed by atoms with van der Waals surface area (Å²) in [4.78, 5) is 4.67. The van der Waals surface area contributed by atoms with Gasteiger partial charge in [-0.1, -0.05) is 111 Å². The molecule has 0 saturated carbocycles. The Balaban J connectivity index is 1.13. The third-order valence-corrected chi connectivity index (χ3v) is 10.5. The maximum Gasteiger partial charge on any atom is 0.0468 e. The van der Waals surface area contributed by atoms with Gasteiger partial charge in [0.15, 0.2) is 0 Å². The number of hydrogen-bond donors (Lipinski definition) is 0. The van der Waals surface area contributed by atoms with E-state index in [0.717, 1.165) is 34.1 Å². The maximum absolute atomic E-state index is 2.36. The molecule has 0 aliphatic carbocycles. The van der Waals surface area contributed by atoms with E-state index in [9.17, 15) is 0 Å². The highest BCUT2D eigenvalue weighted by atomic mass is 32.1. The summed E-state index contributed by atoms with van der Waals surface area (Å²) in [6, 6.07) is 65.5. The molecular formula is C45H36N2S. The monoisotopic (exact) mass is 636 g/mol. The summed E-state index contributed by atoms with van der Waals surface area (Å²) in [5.74, 6) is 0. The van der Waals surface area contributed by atoms with Gasteiger partial charge >= 0.3 is 0 Å². The Labute approximate surface area is 286 Å². The van der Waals surface area contributed by atoms with E-state index in [4.69, 9.17) is 0 Å². The molecule has 48 heavy (non-hydrogen) atoms. The van der Waals surface area contributed by atoms with E-state index in [1.165, 1.54) is 31.3 Å². The van der Waals surface area contributed by atoms with Crippen LogP contribution in [0.15, 0.2) is 182 Å². The van der Waals surface area contributed by atoms with Gasteiger partial charge in [0.25, 0.3) is 0 Å². The maximum atomic E-state index is 2.36. The van der Waals surface area contributed by atoms with Gasteiger partial charge in [0, 0.05) is 59.7 Å². The largest absolute Gasteiger partial charge is 0.311 e. The minimum absolute atomic E-state index is 0.187. The van der Waals surface area contributed by atoms with Crippen LogP contribution in [0.3, 0.4) is 0 Å².